The maximum absolute atomic E-state index is 13.0. The summed E-state index contributed by atoms with van der Waals surface area (Å²) in [4.78, 5) is 29.5. The smallest absolute Gasteiger partial charge is 0.269 e. The van der Waals surface area contributed by atoms with E-state index in [1.165, 1.54) is 10.8 Å². The average molecular weight is 365 g/mol. The number of fused-ring (bicyclic) bond motifs is 1. The van der Waals surface area contributed by atoms with E-state index in [-0.39, 0.29) is 24.0 Å². The maximum Gasteiger partial charge on any atom is 0.269 e. The molecular formula is C21H23N3O3. The molecule has 0 bridgehead atoms. The first-order chi connectivity index (χ1) is 13.0. The minimum absolute atomic E-state index is 0.00604. The zero-order valence-electron chi connectivity index (χ0n) is 15.6. The third-order valence-electron chi connectivity index (χ3n) is 5.34. The monoisotopic (exact) mass is 365 g/mol. The van der Waals surface area contributed by atoms with Gasteiger partial charge in [0.1, 0.15) is 0 Å². The standard InChI is InChI=1S/C21H23N3O3/c1-14-10-17(15(2)23(14)12-16-6-5-9-27-16)20(25)13-24-19-8-4-3-7-18(19)22-11-21(24)26/h3-4,7-8,10-11,16H,5-6,9,12-13H2,1-2H3. The molecule has 1 aromatic carbocycles. The molecule has 1 aliphatic rings. The molecule has 1 unspecified atom stereocenters. The van der Waals surface area contributed by atoms with Crippen LogP contribution in [-0.2, 0) is 17.8 Å². The quantitative estimate of drug-likeness (QED) is 0.652. The average Bonchev–Trinajstić information content (AvgIpc) is 3.28. The molecule has 0 N–H and O–H groups in total. The van der Waals surface area contributed by atoms with Crippen molar-refractivity contribution in [2.24, 2.45) is 0 Å². The van der Waals surface area contributed by atoms with Crippen molar-refractivity contribution < 1.29 is 9.53 Å². The fourth-order valence-electron chi connectivity index (χ4n) is 3.86. The summed E-state index contributed by atoms with van der Waals surface area (Å²) < 4.78 is 9.38. The van der Waals surface area contributed by atoms with Gasteiger partial charge in [0.15, 0.2) is 5.78 Å². The highest BCUT2D eigenvalue weighted by Crippen LogP contribution is 2.21. The van der Waals surface area contributed by atoms with Crippen LogP contribution in [-0.4, -0.2) is 32.6 Å². The van der Waals surface area contributed by atoms with Crippen molar-refractivity contribution in [3.05, 3.63) is 63.8 Å². The van der Waals surface area contributed by atoms with Crippen molar-refractivity contribution in [2.75, 3.05) is 6.61 Å². The summed E-state index contributed by atoms with van der Waals surface area (Å²) in [6, 6.07) is 9.28. The fourth-order valence-corrected chi connectivity index (χ4v) is 3.86. The Morgan fingerprint density at radius 3 is 2.85 bits per heavy atom. The Morgan fingerprint density at radius 1 is 1.26 bits per heavy atom. The first kappa shape index (κ1) is 17.7. The number of hydrogen-bond donors (Lipinski definition) is 0. The van der Waals surface area contributed by atoms with Crippen LogP contribution in [0.25, 0.3) is 11.0 Å². The van der Waals surface area contributed by atoms with Gasteiger partial charge in [0.25, 0.3) is 5.56 Å². The molecule has 1 saturated heterocycles. The number of aryl methyl sites for hydroxylation is 1. The molecule has 3 aromatic rings. The van der Waals surface area contributed by atoms with Gasteiger partial charge in [-0.05, 0) is 44.9 Å². The van der Waals surface area contributed by atoms with Crippen LogP contribution in [0.15, 0.2) is 41.3 Å². The van der Waals surface area contributed by atoms with Gasteiger partial charge in [0.2, 0.25) is 0 Å². The lowest BCUT2D eigenvalue weighted by molar-refractivity contribution is 0.0948. The van der Waals surface area contributed by atoms with E-state index >= 15 is 0 Å². The number of para-hydroxylation sites is 2. The number of ether oxygens (including phenoxy) is 1. The second-order valence-electron chi connectivity index (χ2n) is 7.12. The summed E-state index contributed by atoms with van der Waals surface area (Å²) in [5, 5.41) is 0. The summed E-state index contributed by atoms with van der Waals surface area (Å²) in [7, 11) is 0. The van der Waals surface area contributed by atoms with Gasteiger partial charge in [-0.25, -0.2) is 4.98 Å². The normalized spacial score (nSPS) is 16.9. The lowest BCUT2D eigenvalue weighted by Gasteiger charge is -2.15. The minimum Gasteiger partial charge on any atom is -0.376 e. The van der Waals surface area contributed by atoms with E-state index in [1.54, 1.807) is 0 Å². The Bertz CT molecular complexity index is 1060. The minimum atomic E-state index is -0.268. The topological polar surface area (TPSA) is 66.1 Å². The Morgan fingerprint density at radius 2 is 2.07 bits per heavy atom. The van der Waals surface area contributed by atoms with E-state index in [0.717, 1.165) is 37.4 Å². The van der Waals surface area contributed by atoms with E-state index < -0.39 is 0 Å². The molecule has 0 spiro atoms. The molecule has 2 aromatic heterocycles. The summed E-state index contributed by atoms with van der Waals surface area (Å²) in [5.41, 5.74) is 3.74. The molecule has 3 heterocycles. The highest BCUT2D eigenvalue weighted by Gasteiger charge is 2.21. The first-order valence-electron chi connectivity index (χ1n) is 9.30. The Labute approximate surface area is 157 Å². The molecular weight excluding hydrogens is 342 g/mol. The number of benzene rings is 1. The SMILES string of the molecule is Cc1cc(C(=O)Cn2c(=O)cnc3ccccc32)c(C)n1CC1CCCO1. The molecule has 0 aliphatic carbocycles. The number of carbonyl (C=O) groups is 1. The van der Waals surface area contributed by atoms with Crippen LogP contribution >= 0.6 is 0 Å². The molecule has 0 amide bonds. The van der Waals surface area contributed by atoms with Crippen molar-refractivity contribution >= 4 is 16.8 Å². The zero-order valence-corrected chi connectivity index (χ0v) is 15.6. The molecule has 4 rings (SSSR count). The molecule has 0 saturated carbocycles. The molecule has 0 radical (unpaired) electrons. The molecule has 1 aliphatic heterocycles. The van der Waals surface area contributed by atoms with Crippen molar-refractivity contribution in [2.45, 2.75) is 45.9 Å². The van der Waals surface area contributed by atoms with Crippen LogP contribution in [0.1, 0.15) is 34.6 Å². The lowest BCUT2D eigenvalue weighted by atomic mass is 10.1. The van der Waals surface area contributed by atoms with Crippen LogP contribution in [0.4, 0.5) is 0 Å². The molecule has 140 valence electrons. The summed E-state index contributed by atoms with van der Waals surface area (Å²) in [6.45, 7) is 5.55. The van der Waals surface area contributed by atoms with Gasteiger partial charge in [-0.3, -0.25) is 14.2 Å². The van der Waals surface area contributed by atoms with E-state index in [4.69, 9.17) is 4.74 Å². The van der Waals surface area contributed by atoms with Gasteiger partial charge in [-0.2, -0.15) is 0 Å². The van der Waals surface area contributed by atoms with Crippen molar-refractivity contribution in [1.29, 1.82) is 0 Å². The number of nitrogens with zero attached hydrogens (tertiary/aromatic N) is 3. The van der Waals surface area contributed by atoms with E-state index in [1.807, 2.05) is 44.2 Å². The van der Waals surface area contributed by atoms with Gasteiger partial charge >= 0.3 is 0 Å². The first-order valence-corrected chi connectivity index (χ1v) is 9.30. The van der Waals surface area contributed by atoms with Gasteiger partial charge in [-0.15, -0.1) is 0 Å². The summed E-state index contributed by atoms with van der Waals surface area (Å²) in [6.07, 6.45) is 3.63. The second-order valence-corrected chi connectivity index (χ2v) is 7.12. The number of rotatable bonds is 5. The van der Waals surface area contributed by atoms with Gasteiger partial charge < -0.3 is 9.30 Å². The zero-order chi connectivity index (χ0) is 19.0. The Kier molecular flexibility index (Phi) is 4.66. The number of ketones is 1. The van der Waals surface area contributed by atoms with Crippen LogP contribution < -0.4 is 5.56 Å². The second kappa shape index (κ2) is 7.12. The molecule has 1 atom stereocenters. The summed E-state index contributed by atoms with van der Waals surface area (Å²) >= 11 is 0. The third-order valence-corrected chi connectivity index (χ3v) is 5.34. The van der Waals surface area contributed by atoms with Crippen LogP contribution in [0.2, 0.25) is 0 Å². The largest absolute Gasteiger partial charge is 0.376 e. The number of Topliss-reactive ketones (excluding diaryl/α,β-unsaturated/α-hetero) is 1. The number of aromatic nitrogens is 3. The number of carbonyl (C=O) groups excluding carboxylic acids is 1. The van der Waals surface area contributed by atoms with Crippen LogP contribution in [0, 0.1) is 13.8 Å². The number of hydrogen-bond acceptors (Lipinski definition) is 4. The molecule has 1 fully saturated rings. The van der Waals surface area contributed by atoms with E-state index in [2.05, 4.69) is 9.55 Å². The van der Waals surface area contributed by atoms with Crippen molar-refractivity contribution in [3.8, 4) is 0 Å². The van der Waals surface area contributed by atoms with E-state index in [9.17, 15) is 9.59 Å². The van der Waals surface area contributed by atoms with Crippen LogP contribution in [0.3, 0.4) is 0 Å². The fraction of sp³-hybridized carbons (Fsp3) is 0.381. The van der Waals surface area contributed by atoms with E-state index in [0.29, 0.717) is 16.6 Å². The maximum atomic E-state index is 13.0. The highest BCUT2D eigenvalue weighted by molar-refractivity contribution is 5.98. The lowest BCUT2D eigenvalue weighted by Crippen LogP contribution is -2.25. The van der Waals surface area contributed by atoms with Crippen molar-refractivity contribution in [1.82, 2.24) is 14.1 Å². The molecule has 27 heavy (non-hydrogen) atoms. The molecule has 6 heteroatoms. The van der Waals surface area contributed by atoms with Gasteiger partial charge in [-0.1, -0.05) is 12.1 Å². The van der Waals surface area contributed by atoms with Crippen molar-refractivity contribution in [3.63, 3.8) is 0 Å². The van der Waals surface area contributed by atoms with Gasteiger partial charge in [0, 0.05) is 30.1 Å². The molecule has 6 nitrogen and oxygen atoms in total. The highest BCUT2D eigenvalue weighted by atomic mass is 16.5. The predicted molar refractivity (Wildman–Crippen MR) is 103 cm³/mol. The third kappa shape index (κ3) is 3.32. The Hall–Kier alpha value is -2.73. The van der Waals surface area contributed by atoms with Crippen LogP contribution in [0.5, 0.6) is 0 Å². The summed E-state index contributed by atoms with van der Waals surface area (Å²) in [5.74, 6) is -0.0693. The van der Waals surface area contributed by atoms with Gasteiger partial charge in [0.05, 0.1) is 29.9 Å². The Balaban J connectivity index is 1.64. The predicted octanol–water partition coefficient (Wildman–Crippen LogP) is 2.88.